The van der Waals surface area contributed by atoms with E-state index in [-0.39, 0.29) is 11.7 Å². The molecule has 1 amide bonds. The van der Waals surface area contributed by atoms with Crippen molar-refractivity contribution in [3.05, 3.63) is 72.2 Å². The first kappa shape index (κ1) is 15.7. The van der Waals surface area contributed by atoms with Gasteiger partial charge in [-0.1, -0.05) is 46.3 Å². The molecule has 26 heavy (non-hydrogen) atoms. The predicted molar refractivity (Wildman–Crippen MR) is 93.8 cm³/mol. The fourth-order valence-corrected chi connectivity index (χ4v) is 2.31. The first-order valence-corrected chi connectivity index (χ1v) is 7.89. The van der Waals surface area contributed by atoms with Crippen LogP contribution in [-0.2, 0) is 0 Å². The van der Waals surface area contributed by atoms with Crippen LogP contribution in [0.3, 0.4) is 0 Å². The van der Waals surface area contributed by atoms with Gasteiger partial charge in [0.05, 0.1) is 11.9 Å². The molecule has 2 aromatic heterocycles. The SMILES string of the molecule is Cc1ccc(NC(=O)c2nc(-c3cn(-c4ccccc4)nn3)no2)cc1. The number of aromatic nitrogens is 5. The molecule has 0 aliphatic heterocycles. The number of carbonyl (C=O) groups excluding carboxylic acids is 1. The van der Waals surface area contributed by atoms with Crippen LogP contribution in [0.2, 0.25) is 0 Å². The van der Waals surface area contributed by atoms with Crippen molar-refractivity contribution in [3.8, 4) is 17.2 Å². The van der Waals surface area contributed by atoms with Crippen LogP contribution in [0.15, 0.2) is 65.3 Å². The van der Waals surface area contributed by atoms with Gasteiger partial charge in [0.2, 0.25) is 5.82 Å². The molecule has 0 aliphatic carbocycles. The molecule has 8 nitrogen and oxygen atoms in total. The number of para-hydroxylation sites is 1. The van der Waals surface area contributed by atoms with E-state index in [0.29, 0.717) is 11.4 Å². The van der Waals surface area contributed by atoms with E-state index in [2.05, 4.69) is 25.8 Å². The van der Waals surface area contributed by atoms with Crippen molar-refractivity contribution < 1.29 is 9.32 Å². The van der Waals surface area contributed by atoms with Crippen LogP contribution in [0, 0.1) is 6.92 Å². The molecular weight excluding hydrogens is 332 g/mol. The molecule has 0 aliphatic rings. The Labute approximate surface area is 148 Å². The van der Waals surface area contributed by atoms with Gasteiger partial charge in [-0.3, -0.25) is 4.79 Å². The smallest absolute Gasteiger partial charge is 0.316 e. The van der Waals surface area contributed by atoms with Crippen LogP contribution in [0.1, 0.15) is 16.2 Å². The lowest BCUT2D eigenvalue weighted by Gasteiger charge is -2.01. The van der Waals surface area contributed by atoms with Gasteiger partial charge in [-0.2, -0.15) is 4.98 Å². The third-order valence-electron chi connectivity index (χ3n) is 3.67. The maximum atomic E-state index is 12.2. The molecule has 2 aromatic carbocycles. The first-order valence-electron chi connectivity index (χ1n) is 7.89. The number of nitrogens with one attached hydrogen (secondary N) is 1. The normalized spacial score (nSPS) is 10.7. The van der Waals surface area contributed by atoms with Gasteiger partial charge < -0.3 is 9.84 Å². The summed E-state index contributed by atoms with van der Waals surface area (Å²) < 4.78 is 6.64. The van der Waals surface area contributed by atoms with Crippen molar-refractivity contribution in [1.29, 1.82) is 0 Å². The molecule has 0 unspecified atom stereocenters. The maximum Gasteiger partial charge on any atom is 0.316 e. The minimum absolute atomic E-state index is 0.144. The van der Waals surface area contributed by atoms with Gasteiger partial charge in [0.1, 0.15) is 0 Å². The molecule has 0 bridgehead atoms. The molecular formula is C18H14N6O2. The number of aryl methyl sites for hydroxylation is 1. The van der Waals surface area contributed by atoms with Crippen LogP contribution in [0.5, 0.6) is 0 Å². The van der Waals surface area contributed by atoms with E-state index in [4.69, 9.17) is 4.52 Å². The minimum atomic E-state index is -0.483. The van der Waals surface area contributed by atoms with Crippen molar-refractivity contribution >= 4 is 11.6 Å². The van der Waals surface area contributed by atoms with E-state index in [1.165, 1.54) is 0 Å². The fraction of sp³-hybridized carbons (Fsp3) is 0.0556. The topological polar surface area (TPSA) is 98.7 Å². The summed E-state index contributed by atoms with van der Waals surface area (Å²) in [6.45, 7) is 1.97. The average Bonchev–Trinajstić information content (AvgIpc) is 3.34. The number of hydrogen-bond acceptors (Lipinski definition) is 6. The second-order valence-corrected chi connectivity index (χ2v) is 5.63. The molecule has 0 radical (unpaired) electrons. The van der Waals surface area contributed by atoms with E-state index in [9.17, 15) is 4.79 Å². The number of nitrogens with zero attached hydrogens (tertiary/aromatic N) is 5. The number of benzene rings is 2. The lowest BCUT2D eigenvalue weighted by Crippen LogP contribution is -2.12. The van der Waals surface area contributed by atoms with Crippen LogP contribution in [-0.4, -0.2) is 31.0 Å². The Kier molecular flexibility index (Phi) is 3.98. The van der Waals surface area contributed by atoms with Crippen LogP contribution >= 0.6 is 0 Å². The summed E-state index contributed by atoms with van der Waals surface area (Å²) in [5.41, 5.74) is 3.01. The van der Waals surface area contributed by atoms with E-state index >= 15 is 0 Å². The number of carbonyl (C=O) groups is 1. The average molecular weight is 346 g/mol. The lowest BCUT2D eigenvalue weighted by molar-refractivity contribution is 0.0981. The summed E-state index contributed by atoms with van der Waals surface area (Å²) in [5, 5.41) is 14.6. The molecule has 0 fully saturated rings. The van der Waals surface area contributed by atoms with Crippen LogP contribution < -0.4 is 5.32 Å². The summed E-state index contributed by atoms with van der Waals surface area (Å²) in [6, 6.07) is 16.9. The minimum Gasteiger partial charge on any atom is -0.328 e. The highest BCUT2D eigenvalue weighted by Crippen LogP contribution is 2.16. The Balaban J connectivity index is 1.52. The molecule has 0 saturated carbocycles. The van der Waals surface area contributed by atoms with Gasteiger partial charge in [0, 0.05) is 5.69 Å². The fourth-order valence-electron chi connectivity index (χ4n) is 2.31. The summed E-state index contributed by atoms with van der Waals surface area (Å²) in [6.07, 6.45) is 1.67. The summed E-state index contributed by atoms with van der Waals surface area (Å²) in [4.78, 5) is 16.3. The zero-order valence-corrected chi connectivity index (χ0v) is 13.8. The Morgan fingerprint density at radius 2 is 1.85 bits per heavy atom. The highest BCUT2D eigenvalue weighted by molar-refractivity contribution is 6.01. The Morgan fingerprint density at radius 3 is 2.62 bits per heavy atom. The summed E-state index contributed by atoms with van der Waals surface area (Å²) in [7, 11) is 0. The maximum absolute atomic E-state index is 12.2. The van der Waals surface area contributed by atoms with Crippen LogP contribution in [0.25, 0.3) is 17.2 Å². The highest BCUT2D eigenvalue weighted by atomic mass is 16.5. The highest BCUT2D eigenvalue weighted by Gasteiger charge is 2.18. The first-order chi connectivity index (χ1) is 12.7. The number of anilines is 1. The summed E-state index contributed by atoms with van der Waals surface area (Å²) in [5.74, 6) is -0.431. The van der Waals surface area contributed by atoms with E-state index in [1.807, 2.05) is 49.4 Å². The molecule has 0 saturated heterocycles. The van der Waals surface area contributed by atoms with E-state index < -0.39 is 5.91 Å². The zero-order chi connectivity index (χ0) is 17.9. The van der Waals surface area contributed by atoms with Crippen molar-refractivity contribution in [2.24, 2.45) is 0 Å². The number of amides is 1. The second-order valence-electron chi connectivity index (χ2n) is 5.63. The molecule has 0 spiro atoms. The van der Waals surface area contributed by atoms with Crippen molar-refractivity contribution in [2.45, 2.75) is 6.92 Å². The van der Waals surface area contributed by atoms with Crippen molar-refractivity contribution in [2.75, 3.05) is 5.32 Å². The molecule has 128 valence electrons. The zero-order valence-electron chi connectivity index (χ0n) is 13.8. The Hall–Kier alpha value is -3.81. The monoisotopic (exact) mass is 346 g/mol. The van der Waals surface area contributed by atoms with Gasteiger partial charge >= 0.3 is 11.8 Å². The third-order valence-corrected chi connectivity index (χ3v) is 3.67. The van der Waals surface area contributed by atoms with Gasteiger partial charge in [0.25, 0.3) is 0 Å². The lowest BCUT2D eigenvalue weighted by atomic mass is 10.2. The number of rotatable bonds is 4. The van der Waals surface area contributed by atoms with Gasteiger partial charge in [0.15, 0.2) is 5.69 Å². The standard InChI is InChI=1S/C18H14N6O2/c1-12-7-9-13(10-8-12)19-17(25)18-20-16(22-26-18)15-11-24(23-21-15)14-5-3-2-4-6-14/h2-11H,1H3,(H,19,25). The quantitative estimate of drug-likeness (QED) is 0.610. The van der Waals surface area contributed by atoms with E-state index in [1.54, 1.807) is 23.0 Å². The molecule has 2 heterocycles. The Bertz CT molecular complexity index is 1040. The predicted octanol–water partition coefficient (Wildman–Crippen LogP) is 2.88. The van der Waals surface area contributed by atoms with Gasteiger partial charge in [-0.05, 0) is 31.2 Å². The third kappa shape index (κ3) is 3.20. The molecule has 8 heteroatoms. The Morgan fingerprint density at radius 1 is 1.08 bits per heavy atom. The molecule has 1 N–H and O–H groups in total. The van der Waals surface area contributed by atoms with Crippen LogP contribution in [0.4, 0.5) is 5.69 Å². The van der Waals surface area contributed by atoms with Crippen molar-refractivity contribution in [1.82, 2.24) is 25.1 Å². The van der Waals surface area contributed by atoms with Gasteiger partial charge in [-0.25, -0.2) is 4.68 Å². The molecule has 4 rings (SSSR count). The largest absolute Gasteiger partial charge is 0.328 e. The van der Waals surface area contributed by atoms with E-state index in [0.717, 1.165) is 11.3 Å². The second kappa shape index (κ2) is 6.60. The molecule has 4 aromatic rings. The van der Waals surface area contributed by atoms with Crippen molar-refractivity contribution in [3.63, 3.8) is 0 Å². The molecule has 0 atom stereocenters. The number of hydrogen-bond donors (Lipinski definition) is 1. The summed E-state index contributed by atoms with van der Waals surface area (Å²) >= 11 is 0. The van der Waals surface area contributed by atoms with Gasteiger partial charge in [-0.15, -0.1) is 5.10 Å².